The molecule has 0 saturated heterocycles. The third-order valence-electron chi connectivity index (χ3n) is 4.06. The van der Waals surface area contributed by atoms with Gasteiger partial charge in [0.1, 0.15) is 11.6 Å². The van der Waals surface area contributed by atoms with Crippen molar-refractivity contribution in [2.75, 3.05) is 12.4 Å². The first kappa shape index (κ1) is 18.9. The summed E-state index contributed by atoms with van der Waals surface area (Å²) in [4.78, 5) is 12.9. The Hall–Kier alpha value is -2.86. The predicted molar refractivity (Wildman–Crippen MR) is 104 cm³/mol. The summed E-state index contributed by atoms with van der Waals surface area (Å²) in [6.07, 6.45) is 1.52. The lowest BCUT2D eigenvalue weighted by Gasteiger charge is -2.14. The van der Waals surface area contributed by atoms with Crippen LogP contribution in [0.4, 0.5) is 10.1 Å². The molecule has 0 fully saturated rings. The fourth-order valence-electron chi connectivity index (χ4n) is 2.86. The van der Waals surface area contributed by atoms with Crippen LogP contribution in [0.15, 0.2) is 48.7 Å². The van der Waals surface area contributed by atoms with Gasteiger partial charge < -0.3 is 10.1 Å². The largest absolute Gasteiger partial charge is 0.494 e. The van der Waals surface area contributed by atoms with Crippen LogP contribution in [0.5, 0.6) is 5.75 Å². The van der Waals surface area contributed by atoms with Crippen molar-refractivity contribution < 1.29 is 13.9 Å². The van der Waals surface area contributed by atoms with Crippen LogP contribution >= 0.6 is 11.6 Å². The Morgan fingerprint density at radius 3 is 2.70 bits per heavy atom. The highest BCUT2D eigenvalue weighted by Gasteiger charge is 2.22. The van der Waals surface area contributed by atoms with Crippen LogP contribution in [0.25, 0.3) is 5.69 Å². The van der Waals surface area contributed by atoms with Gasteiger partial charge in [0.05, 0.1) is 35.9 Å². The maximum absolute atomic E-state index is 13.4. The molecular weight excluding hydrogens is 369 g/mol. The monoisotopic (exact) mass is 387 g/mol. The molecule has 0 atom stereocenters. The zero-order valence-electron chi connectivity index (χ0n) is 15.2. The SMILES string of the molecule is COc1cc(F)ccc1NC(=O)c1cnn(-c2cccc(Cl)c2)c1C(C)C. The van der Waals surface area contributed by atoms with E-state index in [1.165, 1.54) is 31.5 Å². The standard InChI is InChI=1S/C20H19ClFN3O2/c1-12(2)19-16(11-23-25(19)15-6-4-5-13(21)9-15)20(26)24-17-8-7-14(22)10-18(17)27-3/h4-12H,1-3H3,(H,24,26). The van der Waals surface area contributed by atoms with Crippen LogP contribution in [0.1, 0.15) is 35.8 Å². The van der Waals surface area contributed by atoms with Crippen LogP contribution in [0.2, 0.25) is 5.02 Å². The maximum atomic E-state index is 13.4. The number of amides is 1. The molecule has 0 aliphatic rings. The van der Waals surface area contributed by atoms with Crippen molar-refractivity contribution in [3.8, 4) is 11.4 Å². The summed E-state index contributed by atoms with van der Waals surface area (Å²) in [5.41, 5.74) is 2.32. The van der Waals surface area contributed by atoms with E-state index in [0.717, 1.165) is 11.4 Å². The second-order valence-corrected chi connectivity index (χ2v) is 6.73. The van der Waals surface area contributed by atoms with Gasteiger partial charge in [-0.3, -0.25) is 4.79 Å². The smallest absolute Gasteiger partial charge is 0.259 e. The number of anilines is 1. The summed E-state index contributed by atoms with van der Waals surface area (Å²) in [5, 5.41) is 7.72. The van der Waals surface area contributed by atoms with E-state index < -0.39 is 5.82 Å². The molecule has 7 heteroatoms. The minimum Gasteiger partial charge on any atom is -0.494 e. The highest BCUT2D eigenvalue weighted by atomic mass is 35.5. The van der Waals surface area contributed by atoms with E-state index in [2.05, 4.69) is 10.4 Å². The van der Waals surface area contributed by atoms with Crippen LogP contribution in [-0.2, 0) is 0 Å². The maximum Gasteiger partial charge on any atom is 0.259 e. The van der Waals surface area contributed by atoms with Crippen molar-refractivity contribution >= 4 is 23.2 Å². The molecule has 140 valence electrons. The van der Waals surface area contributed by atoms with E-state index in [1.54, 1.807) is 16.8 Å². The van der Waals surface area contributed by atoms with Gasteiger partial charge in [-0.05, 0) is 36.2 Å². The average Bonchev–Trinajstić information content (AvgIpc) is 3.08. The molecule has 0 spiro atoms. The highest BCUT2D eigenvalue weighted by molar-refractivity contribution is 6.30. The van der Waals surface area contributed by atoms with Gasteiger partial charge in [-0.1, -0.05) is 31.5 Å². The topological polar surface area (TPSA) is 56.1 Å². The minimum absolute atomic E-state index is 0.0299. The van der Waals surface area contributed by atoms with Gasteiger partial charge in [0.25, 0.3) is 5.91 Å². The number of rotatable bonds is 5. The summed E-state index contributed by atoms with van der Waals surface area (Å²) in [6, 6.07) is 11.2. The fourth-order valence-corrected chi connectivity index (χ4v) is 3.04. The number of carbonyl (C=O) groups is 1. The second-order valence-electron chi connectivity index (χ2n) is 6.29. The summed E-state index contributed by atoms with van der Waals surface area (Å²) in [6.45, 7) is 3.96. The van der Waals surface area contributed by atoms with Crippen LogP contribution in [0.3, 0.4) is 0 Å². The molecule has 1 amide bonds. The van der Waals surface area contributed by atoms with Gasteiger partial charge in [0, 0.05) is 11.1 Å². The number of hydrogen-bond donors (Lipinski definition) is 1. The Kier molecular flexibility index (Phi) is 5.46. The lowest BCUT2D eigenvalue weighted by Crippen LogP contribution is -2.16. The third-order valence-corrected chi connectivity index (χ3v) is 4.30. The van der Waals surface area contributed by atoms with Crippen molar-refractivity contribution in [3.05, 3.63) is 70.8 Å². The molecule has 27 heavy (non-hydrogen) atoms. The number of halogens is 2. The van der Waals surface area contributed by atoms with Gasteiger partial charge in [-0.25, -0.2) is 9.07 Å². The molecular formula is C20H19ClFN3O2. The van der Waals surface area contributed by atoms with Crippen LogP contribution < -0.4 is 10.1 Å². The summed E-state index contributed by atoms with van der Waals surface area (Å²) in [5.74, 6) is -0.516. The molecule has 1 heterocycles. The molecule has 0 saturated carbocycles. The molecule has 3 rings (SSSR count). The summed E-state index contributed by atoms with van der Waals surface area (Å²) >= 11 is 6.08. The Balaban J connectivity index is 1.98. The number of hydrogen-bond acceptors (Lipinski definition) is 3. The number of nitrogens with one attached hydrogen (secondary N) is 1. The molecule has 3 aromatic rings. The van der Waals surface area contributed by atoms with Crippen molar-refractivity contribution in [2.24, 2.45) is 0 Å². The zero-order chi connectivity index (χ0) is 19.6. The first-order chi connectivity index (χ1) is 12.9. The predicted octanol–water partition coefficient (Wildman–Crippen LogP) is 5.05. The van der Waals surface area contributed by atoms with E-state index in [1.807, 2.05) is 26.0 Å². The lowest BCUT2D eigenvalue weighted by atomic mass is 10.0. The number of ether oxygens (including phenoxy) is 1. The van der Waals surface area contributed by atoms with Crippen molar-refractivity contribution in [1.29, 1.82) is 0 Å². The van der Waals surface area contributed by atoms with E-state index in [0.29, 0.717) is 16.3 Å². The van der Waals surface area contributed by atoms with Gasteiger partial charge >= 0.3 is 0 Å². The summed E-state index contributed by atoms with van der Waals surface area (Å²) < 4.78 is 20.2. The van der Waals surface area contributed by atoms with Gasteiger partial charge in [-0.2, -0.15) is 5.10 Å². The van der Waals surface area contributed by atoms with Crippen molar-refractivity contribution in [2.45, 2.75) is 19.8 Å². The molecule has 0 aliphatic carbocycles. The Morgan fingerprint density at radius 2 is 2.04 bits per heavy atom. The fraction of sp³-hybridized carbons (Fsp3) is 0.200. The van der Waals surface area contributed by atoms with Crippen LogP contribution in [0, 0.1) is 5.82 Å². The zero-order valence-corrected chi connectivity index (χ0v) is 15.9. The normalized spacial score (nSPS) is 10.9. The van der Waals surface area contributed by atoms with Crippen LogP contribution in [-0.4, -0.2) is 22.8 Å². The molecule has 1 N–H and O–H groups in total. The average molecular weight is 388 g/mol. The Labute approximate surface area is 161 Å². The number of benzene rings is 2. The van der Waals surface area contributed by atoms with Crippen molar-refractivity contribution in [1.82, 2.24) is 9.78 Å². The molecule has 1 aromatic heterocycles. The second kappa shape index (κ2) is 7.80. The first-order valence-electron chi connectivity index (χ1n) is 8.39. The molecule has 2 aromatic carbocycles. The number of carbonyl (C=O) groups excluding carboxylic acids is 1. The quantitative estimate of drug-likeness (QED) is 0.666. The number of aromatic nitrogens is 2. The molecule has 5 nitrogen and oxygen atoms in total. The third kappa shape index (κ3) is 3.95. The molecule has 0 radical (unpaired) electrons. The van der Waals surface area contributed by atoms with Gasteiger partial charge in [-0.15, -0.1) is 0 Å². The van der Waals surface area contributed by atoms with E-state index in [-0.39, 0.29) is 17.6 Å². The van der Waals surface area contributed by atoms with E-state index >= 15 is 0 Å². The lowest BCUT2D eigenvalue weighted by molar-refractivity contribution is 0.102. The summed E-state index contributed by atoms with van der Waals surface area (Å²) in [7, 11) is 1.42. The highest BCUT2D eigenvalue weighted by Crippen LogP contribution is 2.28. The Morgan fingerprint density at radius 1 is 1.26 bits per heavy atom. The van der Waals surface area contributed by atoms with Crippen molar-refractivity contribution in [3.63, 3.8) is 0 Å². The van der Waals surface area contributed by atoms with Gasteiger partial charge in [0.15, 0.2) is 0 Å². The Bertz CT molecular complexity index is 985. The number of nitrogens with zero attached hydrogens (tertiary/aromatic N) is 2. The number of methoxy groups -OCH3 is 1. The van der Waals surface area contributed by atoms with Gasteiger partial charge in [0.2, 0.25) is 0 Å². The molecule has 0 bridgehead atoms. The molecule has 0 unspecified atom stereocenters. The first-order valence-corrected chi connectivity index (χ1v) is 8.77. The minimum atomic E-state index is -0.443. The van der Waals surface area contributed by atoms with E-state index in [4.69, 9.17) is 16.3 Å². The molecule has 0 aliphatic heterocycles. The van der Waals surface area contributed by atoms with E-state index in [9.17, 15) is 9.18 Å².